The molecule has 0 atom stereocenters. The monoisotopic (exact) mass is 420 g/mol. The van der Waals surface area contributed by atoms with E-state index in [0.717, 1.165) is 24.9 Å². The number of unbranched alkanes of at least 4 members (excludes halogenated alkanes) is 1. The molecule has 0 aliphatic rings. The number of benzene rings is 2. The summed E-state index contributed by atoms with van der Waals surface area (Å²) < 4.78 is 27.5. The maximum Gasteiger partial charge on any atom is 0.261 e. The summed E-state index contributed by atoms with van der Waals surface area (Å²) >= 11 is 6.01. The third-order valence-corrected chi connectivity index (χ3v) is 5.91. The second-order valence-electron chi connectivity index (χ2n) is 6.26. The number of sulfonamides is 1. The molecule has 0 aliphatic heterocycles. The highest BCUT2D eigenvalue weighted by atomic mass is 35.5. The highest BCUT2D eigenvalue weighted by Crippen LogP contribution is 2.24. The van der Waals surface area contributed by atoms with Crippen molar-refractivity contribution in [1.29, 1.82) is 0 Å². The molecule has 0 saturated carbocycles. The Morgan fingerprint density at radius 1 is 1.11 bits per heavy atom. The normalized spacial score (nSPS) is 11.5. The number of hydrogen-bond acceptors (Lipinski definition) is 3. The van der Waals surface area contributed by atoms with Gasteiger partial charge in [-0.2, -0.15) is 0 Å². The Morgan fingerprint density at radius 2 is 1.79 bits per heavy atom. The van der Waals surface area contributed by atoms with E-state index in [-0.39, 0.29) is 10.8 Å². The molecule has 0 aromatic heterocycles. The van der Waals surface area contributed by atoms with Crippen molar-refractivity contribution in [3.8, 4) is 0 Å². The first kappa shape index (κ1) is 22.0. The Hall–Kier alpha value is -2.31. The standard InChI is InChI=1S/C21H25ClN2O3S/c1-3-5-16-24(4-2)21(25)15-12-17-10-13-18(14-11-17)28(26,27)23-20-9-7-6-8-19(20)22/h6-15,23H,3-5,16H2,1-2H3. The van der Waals surface area contributed by atoms with E-state index < -0.39 is 10.0 Å². The first-order valence-electron chi connectivity index (χ1n) is 9.21. The average molecular weight is 421 g/mol. The molecule has 2 aromatic rings. The lowest BCUT2D eigenvalue weighted by Crippen LogP contribution is -2.30. The van der Waals surface area contributed by atoms with Crippen LogP contribution in [0.1, 0.15) is 32.3 Å². The zero-order valence-electron chi connectivity index (χ0n) is 16.1. The number of nitrogens with zero attached hydrogens (tertiary/aromatic N) is 1. The lowest BCUT2D eigenvalue weighted by Gasteiger charge is -2.18. The molecular weight excluding hydrogens is 396 g/mol. The summed E-state index contributed by atoms with van der Waals surface area (Å²) in [6.45, 7) is 5.44. The van der Waals surface area contributed by atoms with E-state index >= 15 is 0 Å². The van der Waals surface area contributed by atoms with Crippen molar-refractivity contribution >= 4 is 39.3 Å². The van der Waals surface area contributed by atoms with Gasteiger partial charge in [-0.3, -0.25) is 9.52 Å². The third kappa shape index (κ3) is 6.11. The average Bonchev–Trinajstić information content (AvgIpc) is 2.69. The van der Waals surface area contributed by atoms with Crippen LogP contribution in [0.5, 0.6) is 0 Å². The largest absolute Gasteiger partial charge is 0.339 e. The second-order valence-corrected chi connectivity index (χ2v) is 8.35. The van der Waals surface area contributed by atoms with Crippen molar-refractivity contribution in [3.63, 3.8) is 0 Å². The fraction of sp³-hybridized carbons (Fsp3) is 0.286. The number of anilines is 1. The fourth-order valence-corrected chi connectivity index (χ4v) is 3.87. The van der Waals surface area contributed by atoms with Crippen LogP contribution in [-0.4, -0.2) is 32.3 Å². The molecule has 0 unspecified atom stereocenters. The summed E-state index contributed by atoms with van der Waals surface area (Å²) in [5, 5.41) is 0.327. The number of amides is 1. The van der Waals surface area contributed by atoms with E-state index in [1.807, 2.05) is 6.92 Å². The lowest BCUT2D eigenvalue weighted by atomic mass is 10.2. The van der Waals surface area contributed by atoms with Crippen LogP contribution < -0.4 is 4.72 Å². The molecule has 7 heteroatoms. The SMILES string of the molecule is CCCCN(CC)C(=O)C=Cc1ccc(S(=O)(=O)Nc2ccccc2Cl)cc1. The molecule has 1 N–H and O–H groups in total. The van der Waals surface area contributed by atoms with Gasteiger partial charge in [0.05, 0.1) is 15.6 Å². The second kappa shape index (κ2) is 10.3. The Bertz CT molecular complexity index is 925. The fourth-order valence-electron chi connectivity index (χ4n) is 2.55. The van der Waals surface area contributed by atoms with Crippen molar-refractivity contribution in [2.24, 2.45) is 0 Å². The molecule has 0 fully saturated rings. The van der Waals surface area contributed by atoms with Gasteiger partial charge in [0.2, 0.25) is 5.91 Å². The van der Waals surface area contributed by atoms with Gasteiger partial charge in [-0.15, -0.1) is 0 Å². The molecule has 5 nitrogen and oxygen atoms in total. The van der Waals surface area contributed by atoms with Gasteiger partial charge in [-0.25, -0.2) is 8.42 Å². The maximum atomic E-state index is 12.5. The minimum atomic E-state index is -3.75. The van der Waals surface area contributed by atoms with Gasteiger partial charge in [-0.1, -0.05) is 49.2 Å². The number of carbonyl (C=O) groups excluding carboxylic acids is 1. The van der Waals surface area contributed by atoms with E-state index in [4.69, 9.17) is 11.6 Å². The van der Waals surface area contributed by atoms with Crippen molar-refractivity contribution in [1.82, 2.24) is 4.90 Å². The molecule has 0 spiro atoms. The molecule has 0 saturated heterocycles. The highest BCUT2D eigenvalue weighted by molar-refractivity contribution is 7.92. The first-order chi connectivity index (χ1) is 13.4. The number of rotatable bonds is 9. The Morgan fingerprint density at radius 3 is 2.39 bits per heavy atom. The van der Waals surface area contributed by atoms with Crippen molar-refractivity contribution in [2.75, 3.05) is 17.8 Å². The van der Waals surface area contributed by atoms with Gasteiger partial charge in [0, 0.05) is 19.2 Å². The summed E-state index contributed by atoms with van der Waals surface area (Å²) in [5.74, 6) is -0.0481. The molecular formula is C21H25ClN2O3S. The third-order valence-electron chi connectivity index (χ3n) is 4.20. The Kier molecular flexibility index (Phi) is 8.08. The van der Waals surface area contributed by atoms with Gasteiger partial charge in [-0.05, 0) is 49.2 Å². The van der Waals surface area contributed by atoms with Gasteiger partial charge >= 0.3 is 0 Å². The summed E-state index contributed by atoms with van der Waals surface area (Å²) in [5.41, 5.74) is 1.07. The van der Waals surface area contributed by atoms with E-state index in [2.05, 4.69) is 11.6 Å². The van der Waals surface area contributed by atoms with Crippen molar-refractivity contribution in [2.45, 2.75) is 31.6 Å². The zero-order chi connectivity index (χ0) is 20.6. The Labute approximate surface area is 172 Å². The summed E-state index contributed by atoms with van der Waals surface area (Å²) in [6, 6.07) is 13.0. The van der Waals surface area contributed by atoms with Crippen LogP contribution in [0.2, 0.25) is 5.02 Å². The lowest BCUT2D eigenvalue weighted by molar-refractivity contribution is -0.125. The highest BCUT2D eigenvalue weighted by Gasteiger charge is 2.15. The van der Waals surface area contributed by atoms with Crippen LogP contribution in [0, 0.1) is 0 Å². The predicted molar refractivity (Wildman–Crippen MR) is 115 cm³/mol. The van der Waals surface area contributed by atoms with Crippen LogP contribution in [0.15, 0.2) is 59.5 Å². The molecule has 0 aliphatic carbocycles. The summed E-state index contributed by atoms with van der Waals surface area (Å²) in [7, 11) is -3.75. The number of carbonyl (C=O) groups is 1. The van der Waals surface area contributed by atoms with E-state index in [1.54, 1.807) is 47.4 Å². The quantitative estimate of drug-likeness (QED) is 0.592. The van der Waals surface area contributed by atoms with E-state index in [9.17, 15) is 13.2 Å². The molecule has 0 radical (unpaired) electrons. The molecule has 0 bridgehead atoms. The molecule has 1 amide bonds. The molecule has 150 valence electrons. The van der Waals surface area contributed by atoms with Crippen LogP contribution in [0.25, 0.3) is 6.08 Å². The smallest absolute Gasteiger partial charge is 0.261 e. The molecule has 2 aromatic carbocycles. The van der Waals surface area contributed by atoms with Crippen LogP contribution in [-0.2, 0) is 14.8 Å². The zero-order valence-corrected chi connectivity index (χ0v) is 17.6. The molecule has 0 heterocycles. The predicted octanol–water partition coefficient (Wildman–Crippen LogP) is 4.80. The molecule has 28 heavy (non-hydrogen) atoms. The van der Waals surface area contributed by atoms with Gasteiger partial charge in [0.15, 0.2) is 0 Å². The number of likely N-dealkylation sites (N-methyl/N-ethyl adjacent to an activating group) is 1. The van der Waals surface area contributed by atoms with Gasteiger partial charge in [0.25, 0.3) is 10.0 Å². The Balaban J connectivity index is 2.08. The number of halogens is 1. The van der Waals surface area contributed by atoms with Crippen molar-refractivity contribution < 1.29 is 13.2 Å². The van der Waals surface area contributed by atoms with E-state index in [0.29, 0.717) is 17.3 Å². The number of hydrogen-bond donors (Lipinski definition) is 1. The number of nitrogens with one attached hydrogen (secondary N) is 1. The van der Waals surface area contributed by atoms with Crippen LogP contribution in [0.4, 0.5) is 5.69 Å². The number of para-hydroxylation sites is 1. The maximum absolute atomic E-state index is 12.5. The first-order valence-corrected chi connectivity index (χ1v) is 11.1. The topological polar surface area (TPSA) is 66.5 Å². The molecule has 2 rings (SSSR count). The minimum Gasteiger partial charge on any atom is -0.339 e. The van der Waals surface area contributed by atoms with Gasteiger partial charge < -0.3 is 4.90 Å². The van der Waals surface area contributed by atoms with Crippen LogP contribution in [0.3, 0.4) is 0 Å². The van der Waals surface area contributed by atoms with Gasteiger partial charge in [0.1, 0.15) is 0 Å². The summed E-state index contributed by atoms with van der Waals surface area (Å²) in [4.78, 5) is 14.1. The van der Waals surface area contributed by atoms with Crippen LogP contribution >= 0.6 is 11.6 Å². The van der Waals surface area contributed by atoms with E-state index in [1.165, 1.54) is 18.2 Å². The van der Waals surface area contributed by atoms with Crippen molar-refractivity contribution in [3.05, 3.63) is 65.2 Å². The minimum absolute atomic E-state index is 0.0481. The summed E-state index contributed by atoms with van der Waals surface area (Å²) in [6.07, 6.45) is 5.21.